The van der Waals surface area contributed by atoms with Crippen LogP contribution in [0.4, 0.5) is 0 Å². The first kappa shape index (κ1) is 11.0. The Morgan fingerprint density at radius 1 is 1.54 bits per heavy atom. The van der Waals surface area contributed by atoms with Crippen molar-refractivity contribution < 1.29 is 5.11 Å². The molecule has 0 aliphatic heterocycles. The van der Waals surface area contributed by atoms with Gasteiger partial charge in [0.2, 0.25) is 0 Å². The molecule has 1 rings (SSSR count). The third-order valence-corrected chi connectivity index (χ3v) is 3.42. The third kappa shape index (κ3) is 2.23. The summed E-state index contributed by atoms with van der Waals surface area (Å²) in [6, 6.07) is 1.09. The molecule has 3 unspecified atom stereocenters. The minimum Gasteiger partial charge on any atom is -0.392 e. The highest BCUT2D eigenvalue weighted by molar-refractivity contribution is 5.02. The quantitative estimate of drug-likeness (QED) is 0.701. The molecule has 1 aliphatic carbocycles. The Morgan fingerprint density at radius 3 is 2.54 bits per heavy atom. The maximum atomic E-state index is 9.55. The van der Waals surface area contributed by atoms with Gasteiger partial charge in [0.25, 0.3) is 0 Å². The van der Waals surface area contributed by atoms with Gasteiger partial charge in [-0.2, -0.15) is 0 Å². The lowest BCUT2D eigenvalue weighted by Gasteiger charge is -2.50. The number of aliphatic hydroxyl groups excluding tert-OH is 1. The Labute approximate surface area is 81.7 Å². The summed E-state index contributed by atoms with van der Waals surface area (Å²) in [5.74, 6) is 0. The second-order valence-corrected chi connectivity index (χ2v) is 4.98. The highest BCUT2D eigenvalue weighted by Crippen LogP contribution is 2.40. The first-order valence-electron chi connectivity index (χ1n) is 5.42. The minimum atomic E-state index is -0.112. The Balaban J connectivity index is 2.31. The van der Waals surface area contributed by atoms with Gasteiger partial charge in [0.15, 0.2) is 0 Å². The fourth-order valence-corrected chi connectivity index (χ4v) is 2.05. The van der Waals surface area contributed by atoms with Crippen LogP contribution in [-0.2, 0) is 0 Å². The summed E-state index contributed by atoms with van der Waals surface area (Å²) in [5.41, 5.74) is 0.0714. The standard InChI is InChI=1S/C11H23NO/c1-5-6-8(2)12-9-7-10(13)11(9,3)4/h8-10,12-13H,5-7H2,1-4H3. The minimum absolute atomic E-state index is 0.0714. The molecule has 0 spiro atoms. The molecule has 0 radical (unpaired) electrons. The maximum absolute atomic E-state index is 9.55. The van der Waals surface area contributed by atoms with Gasteiger partial charge >= 0.3 is 0 Å². The SMILES string of the molecule is CCCC(C)NC1CC(O)C1(C)C. The van der Waals surface area contributed by atoms with E-state index in [1.165, 1.54) is 12.8 Å². The maximum Gasteiger partial charge on any atom is 0.0621 e. The van der Waals surface area contributed by atoms with Gasteiger partial charge in [0.1, 0.15) is 0 Å². The van der Waals surface area contributed by atoms with Crippen molar-refractivity contribution in [2.24, 2.45) is 5.41 Å². The normalized spacial score (nSPS) is 33.9. The second kappa shape index (κ2) is 3.97. The topological polar surface area (TPSA) is 32.3 Å². The van der Waals surface area contributed by atoms with Crippen LogP contribution in [0.15, 0.2) is 0 Å². The van der Waals surface area contributed by atoms with Crippen LogP contribution in [0, 0.1) is 5.41 Å². The molecule has 2 nitrogen and oxygen atoms in total. The fourth-order valence-electron chi connectivity index (χ4n) is 2.05. The average Bonchev–Trinajstić information content (AvgIpc) is 2.04. The number of hydrogen-bond acceptors (Lipinski definition) is 2. The molecule has 78 valence electrons. The van der Waals surface area contributed by atoms with Crippen molar-refractivity contribution in [3.63, 3.8) is 0 Å². The third-order valence-electron chi connectivity index (χ3n) is 3.42. The summed E-state index contributed by atoms with van der Waals surface area (Å²) < 4.78 is 0. The molecule has 0 heterocycles. The van der Waals surface area contributed by atoms with E-state index in [4.69, 9.17) is 0 Å². The number of aliphatic hydroxyl groups is 1. The first-order valence-corrected chi connectivity index (χ1v) is 5.42. The van der Waals surface area contributed by atoms with Crippen molar-refractivity contribution in [2.75, 3.05) is 0 Å². The molecule has 0 bridgehead atoms. The lowest BCUT2D eigenvalue weighted by atomic mass is 9.64. The van der Waals surface area contributed by atoms with Crippen molar-refractivity contribution in [1.82, 2.24) is 5.32 Å². The van der Waals surface area contributed by atoms with Crippen LogP contribution in [0.2, 0.25) is 0 Å². The molecule has 1 saturated carbocycles. The van der Waals surface area contributed by atoms with Crippen LogP contribution < -0.4 is 5.32 Å². The largest absolute Gasteiger partial charge is 0.392 e. The van der Waals surface area contributed by atoms with Gasteiger partial charge in [-0.3, -0.25) is 0 Å². The predicted octanol–water partition coefficient (Wildman–Crippen LogP) is 1.92. The van der Waals surface area contributed by atoms with E-state index in [9.17, 15) is 5.11 Å². The van der Waals surface area contributed by atoms with Gasteiger partial charge in [-0.15, -0.1) is 0 Å². The highest BCUT2D eigenvalue weighted by atomic mass is 16.3. The van der Waals surface area contributed by atoms with Gasteiger partial charge < -0.3 is 10.4 Å². The zero-order valence-corrected chi connectivity index (χ0v) is 9.30. The van der Waals surface area contributed by atoms with Crippen molar-refractivity contribution in [3.05, 3.63) is 0 Å². The summed E-state index contributed by atoms with van der Waals surface area (Å²) in [7, 11) is 0. The molecular formula is C11H23NO. The van der Waals surface area contributed by atoms with E-state index in [1.807, 2.05) is 0 Å². The molecule has 2 N–H and O–H groups in total. The predicted molar refractivity (Wildman–Crippen MR) is 55.7 cm³/mol. The fraction of sp³-hybridized carbons (Fsp3) is 1.00. The van der Waals surface area contributed by atoms with E-state index >= 15 is 0 Å². The number of rotatable bonds is 4. The van der Waals surface area contributed by atoms with E-state index in [0.29, 0.717) is 12.1 Å². The number of hydrogen-bond donors (Lipinski definition) is 2. The summed E-state index contributed by atoms with van der Waals surface area (Å²) in [4.78, 5) is 0. The van der Waals surface area contributed by atoms with Crippen molar-refractivity contribution >= 4 is 0 Å². The molecule has 0 aromatic heterocycles. The molecule has 1 aliphatic rings. The zero-order valence-electron chi connectivity index (χ0n) is 9.30. The van der Waals surface area contributed by atoms with Crippen molar-refractivity contribution in [1.29, 1.82) is 0 Å². The zero-order chi connectivity index (χ0) is 10.1. The van der Waals surface area contributed by atoms with Gasteiger partial charge in [-0.1, -0.05) is 27.2 Å². The van der Waals surface area contributed by atoms with Crippen LogP contribution in [0.5, 0.6) is 0 Å². The van der Waals surface area contributed by atoms with E-state index < -0.39 is 0 Å². The average molecular weight is 185 g/mol. The molecule has 13 heavy (non-hydrogen) atoms. The summed E-state index contributed by atoms with van der Waals surface area (Å²) in [6.45, 7) is 8.71. The van der Waals surface area contributed by atoms with Crippen LogP contribution in [-0.4, -0.2) is 23.3 Å². The Bertz CT molecular complexity index is 167. The molecule has 0 amide bonds. The summed E-state index contributed by atoms with van der Waals surface area (Å²) in [6.07, 6.45) is 3.26. The molecule has 0 aromatic rings. The monoisotopic (exact) mass is 185 g/mol. The molecule has 1 fully saturated rings. The molecule has 0 aromatic carbocycles. The Hall–Kier alpha value is -0.0800. The highest BCUT2D eigenvalue weighted by Gasteiger charge is 2.47. The molecule has 0 saturated heterocycles. The van der Waals surface area contributed by atoms with E-state index in [0.717, 1.165) is 6.42 Å². The van der Waals surface area contributed by atoms with Gasteiger partial charge in [-0.25, -0.2) is 0 Å². The van der Waals surface area contributed by atoms with Crippen molar-refractivity contribution in [3.8, 4) is 0 Å². The first-order chi connectivity index (χ1) is 5.98. The van der Waals surface area contributed by atoms with E-state index in [2.05, 4.69) is 33.0 Å². The molecular weight excluding hydrogens is 162 g/mol. The van der Waals surface area contributed by atoms with E-state index in [1.54, 1.807) is 0 Å². The van der Waals surface area contributed by atoms with Gasteiger partial charge in [-0.05, 0) is 19.8 Å². The van der Waals surface area contributed by atoms with Gasteiger partial charge in [0, 0.05) is 17.5 Å². The molecule has 3 atom stereocenters. The van der Waals surface area contributed by atoms with Gasteiger partial charge in [0.05, 0.1) is 6.10 Å². The van der Waals surface area contributed by atoms with Crippen LogP contribution in [0.1, 0.15) is 47.0 Å². The summed E-state index contributed by atoms with van der Waals surface area (Å²) in [5, 5.41) is 13.1. The smallest absolute Gasteiger partial charge is 0.0621 e. The Morgan fingerprint density at radius 2 is 2.15 bits per heavy atom. The molecule has 2 heteroatoms. The number of nitrogens with one attached hydrogen (secondary N) is 1. The lowest BCUT2D eigenvalue weighted by Crippen LogP contribution is -2.61. The second-order valence-electron chi connectivity index (χ2n) is 4.98. The van der Waals surface area contributed by atoms with E-state index in [-0.39, 0.29) is 11.5 Å². The van der Waals surface area contributed by atoms with Crippen molar-refractivity contribution in [2.45, 2.75) is 65.1 Å². The van der Waals surface area contributed by atoms with Crippen LogP contribution in [0.3, 0.4) is 0 Å². The van der Waals surface area contributed by atoms with Crippen LogP contribution in [0.25, 0.3) is 0 Å². The lowest BCUT2D eigenvalue weighted by molar-refractivity contribution is -0.0755. The summed E-state index contributed by atoms with van der Waals surface area (Å²) >= 11 is 0. The Kier molecular flexibility index (Phi) is 3.36. The van der Waals surface area contributed by atoms with Crippen LogP contribution >= 0.6 is 0 Å².